The fourth-order valence-corrected chi connectivity index (χ4v) is 0.263. The lowest BCUT2D eigenvalue weighted by atomic mass is 9.95. The van der Waals surface area contributed by atoms with Crippen molar-refractivity contribution in [2.24, 2.45) is 11.5 Å². The van der Waals surface area contributed by atoms with Crippen LogP contribution in [-0.4, -0.2) is 20.3 Å². The molecule has 0 aromatic heterocycles. The van der Waals surface area contributed by atoms with Gasteiger partial charge in [0.25, 0.3) is 0 Å². The molecule has 0 aliphatic rings. The fraction of sp³-hybridized carbons (Fsp3) is 1.00. The summed E-state index contributed by atoms with van der Waals surface area (Å²) in [7, 11) is 1.95. The van der Waals surface area contributed by atoms with Gasteiger partial charge in [0.2, 0.25) is 0 Å². The Bertz CT molecular complexity index is 30.0. The van der Waals surface area contributed by atoms with Gasteiger partial charge in [-0.25, -0.2) is 0 Å². The topological polar surface area (TPSA) is 52.0 Å². The van der Waals surface area contributed by atoms with E-state index < -0.39 is 0 Å². The van der Waals surface area contributed by atoms with Gasteiger partial charge in [-0.15, -0.1) is 0 Å². The summed E-state index contributed by atoms with van der Waals surface area (Å²) in [5, 5.41) is 0. The molecular weight excluding hydrogens is 74.9 g/mol. The maximum absolute atomic E-state index is 5.32. The highest BCUT2D eigenvalue weighted by atomic mass is 14.6. The molecule has 0 aromatic rings. The quantitative estimate of drug-likeness (QED) is 0.391. The molecule has 0 saturated heterocycles. The summed E-state index contributed by atoms with van der Waals surface area (Å²) in [6.07, 6.45) is 0.931. The second-order valence-electron chi connectivity index (χ2n) is 1.55. The molecule has 4 N–H and O–H groups in total. The summed E-state index contributed by atoms with van der Waals surface area (Å²) in [6, 6.07) is 0. The molecule has 0 heterocycles. The van der Waals surface area contributed by atoms with E-state index in [0.29, 0.717) is 6.54 Å². The minimum absolute atomic E-state index is 0.273. The molecule has 0 aliphatic heterocycles. The van der Waals surface area contributed by atoms with Crippen molar-refractivity contribution in [2.45, 2.75) is 12.4 Å². The van der Waals surface area contributed by atoms with E-state index in [2.05, 4.69) is 0 Å². The predicted octanol–water partition coefficient (Wildman–Crippen LogP) is -1.75. The van der Waals surface area contributed by atoms with E-state index in [1.54, 1.807) is 0 Å². The van der Waals surface area contributed by atoms with Crippen molar-refractivity contribution >= 4 is 7.85 Å². The maximum Gasteiger partial charge on any atom is 0.123 e. The van der Waals surface area contributed by atoms with Gasteiger partial charge in [-0.05, 0) is 18.9 Å². The second-order valence-corrected chi connectivity index (χ2v) is 1.55. The lowest BCUT2D eigenvalue weighted by Crippen LogP contribution is -2.23. The number of rotatable bonds is 2. The zero-order valence-electron chi connectivity index (χ0n) is 4.15. The third-order valence-corrected chi connectivity index (χ3v) is 0.622. The summed E-state index contributed by atoms with van der Waals surface area (Å²) >= 11 is 0. The van der Waals surface area contributed by atoms with Crippen LogP contribution in [0.2, 0.25) is 0 Å². The molecule has 1 unspecified atom stereocenters. The molecule has 0 rings (SSSR count). The number of hydrogen-bond acceptors (Lipinski definition) is 2. The van der Waals surface area contributed by atoms with Crippen LogP contribution in [0.25, 0.3) is 0 Å². The van der Waals surface area contributed by atoms with Gasteiger partial charge in [-0.2, -0.15) is 0 Å². The summed E-state index contributed by atoms with van der Waals surface area (Å²) in [4.78, 5) is 0. The molecule has 0 radical (unpaired) electrons. The van der Waals surface area contributed by atoms with Crippen LogP contribution in [0.3, 0.4) is 0 Å². The molecule has 0 aromatic carbocycles. The minimum Gasteiger partial charge on any atom is -0.335 e. The molecule has 0 spiro atoms. The Kier molecular flexibility index (Phi) is 3.18. The highest BCUT2D eigenvalue weighted by Gasteiger charge is 1.86. The smallest absolute Gasteiger partial charge is 0.123 e. The maximum atomic E-state index is 5.32. The van der Waals surface area contributed by atoms with Crippen molar-refractivity contribution in [3.05, 3.63) is 0 Å². The summed E-state index contributed by atoms with van der Waals surface area (Å²) in [5.41, 5.74) is 10.5. The minimum atomic E-state index is 0.273. The van der Waals surface area contributed by atoms with E-state index in [9.17, 15) is 0 Å². The van der Waals surface area contributed by atoms with Crippen LogP contribution in [0.5, 0.6) is 0 Å². The molecular formula is C3H11BN2. The summed E-state index contributed by atoms with van der Waals surface area (Å²) < 4.78 is 0. The van der Waals surface area contributed by atoms with E-state index in [0.717, 1.165) is 6.42 Å². The number of nitrogens with two attached hydrogens (primary N) is 2. The Balaban J connectivity index is 2.63. The standard InChI is InChI=1S/C3H11BN2/c4-3(6)1-2-5/h3H,1-2,4-6H2. The monoisotopic (exact) mass is 86.1 g/mol. The van der Waals surface area contributed by atoms with Crippen molar-refractivity contribution in [1.82, 2.24) is 0 Å². The van der Waals surface area contributed by atoms with Crippen molar-refractivity contribution in [3.63, 3.8) is 0 Å². The van der Waals surface area contributed by atoms with Crippen LogP contribution in [0.15, 0.2) is 0 Å². The highest BCUT2D eigenvalue weighted by Crippen LogP contribution is 1.72. The van der Waals surface area contributed by atoms with Gasteiger partial charge in [0, 0.05) is 0 Å². The largest absolute Gasteiger partial charge is 0.335 e. The van der Waals surface area contributed by atoms with Crippen molar-refractivity contribution in [3.8, 4) is 0 Å². The predicted molar refractivity (Wildman–Crippen MR) is 30.2 cm³/mol. The average Bonchev–Trinajstić information content (AvgIpc) is 1.35. The first kappa shape index (κ1) is 5.98. The van der Waals surface area contributed by atoms with Crippen LogP contribution in [0.1, 0.15) is 6.42 Å². The second kappa shape index (κ2) is 3.19. The van der Waals surface area contributed by atoms with Crippen LogP contribution in [0, 0.1) is 0 Å². The van der Waals surface area contributed by atoms with E-state index in [1.807, 2.05) is 7.85 Å². The SMILES string of the molecule is BC(N)CCN. The van der Waals surface area contributed by atoms with E-state index in [-0.39, 0.29) is 5.94 Å². The van der Waals surface area contributed by atoms with Gasteiger partial charge in [-0.3, -0.25) is 0 Å². The van der Waals surface area contributed by atoms with Gasteiger partial charge in [0.15, 0.2) is 0 Å². The molecule has 1 atom stereocenters. The van der Waals surface area contributed by atoms with Crippen LogP contribution >= 0.6 is 0 Å². The molecule has 0 fully saturated rings. The van der Waals surface area contributed by atoms with E-state index in [4.69, 9.17) is 11.5 Å². The van der Waals surface area contributed by atoms with E-state index in [1.165, 1.54) is 0 Å². The molecule has 3 heteroatoms. The third kappa shape index (κ3) is 3.98. The molecule has 0 aliphatic carbocycles. The first-order valence-electron chi connectivity index (χ1n) is 2.23. The van der Waals surface area contributed by atoms with E-state index >= 15 is 0 Å². The van der Waals surface area contributed by atoms with Crippen LogP contribution < -0.4 is 11.5 Å². The van der Waals surface area contributed by atoms with Gasteiger partial charge < -0.3 is 11.5 Å². The molecule has 2 nitrogen and oxygen atoms in total. The highest BCUT2D eigenvalue weighted by molar-refractivity contribution is 6.11. The average molecular weight is 85.9 g/mol. The molecule has 0 amide bonds. The summed E-state index contributed by atoms with van der Waals surface area (Å²) in [5.74, 6) is 0.273. The van der Waals surface area contributed by atoms with Gasteiger partial charge in [0.05, 0.1) is 0 Å². The first-order chi connectivity index (χ1) is 2.77. The van der Waals surface area contributed by atoms with Crippen LogP contribution in [-0.2, 0) is 0 Å². The lowest BCUT2D eigenvalue weighted by Gasteiger charge is -1.96. The first-order valence-corrected chi connectivity index (χ1v) is 2.23. The van der Waals surface area contributed by atoms with Gasteiger partial charge in [-0.1, -0.05) is 0 Å². The van der Waals surface area contributed by atoms with Crippen molar-refractivity contribution in [2.75, 3.05) is 6.54 Å². The van der Waals surface area contributed by atoms with Gasteiger partial charge >= 0.3 is 0 Å². The lowest BCUT2D eigenvalue weighted by molar-refractivity contribution is 0.788. The molecule has 0 saturated carbocycles. The Morgan fingerprint density at radius 1 is 1.67 bits per heavy atom. The Labute approximate surface area is 39.3 Å². The van der Waals surface area contributed by atoms with Gasteiger partial charge in [0.1, 0.15) is 7.85 Å². The fourth-order valence-electron chi connectivity index (χ4n) is 0.263. The third-order valence-electron chi connectivity index (χ3n) is 0.622. The zero-order chi connectivity index (χ0) is 4.99. The molecule has 36 valence electrons. The normalized spacial score (nSPS) is 14.3. The van der Waals surface area contributed by atoms with Crippen molar-refractivity contribution in [1.29, 1.82) is 0 Å². The summed E-state index contributed by atoms with van der Waals surface area (Å²) in [6.45, 7) is 0.706. The Morgan fingerprint density at radius 2 is 2.17 bits per heavy atom. The molecule has 0 bridgehead atoms. The zero-order valence-corrected chi connectivity index (χ0v) is 4.15. The Hall–Kier alpha value is -0.0151. The number of hydrogen-bond donors (Lipinski definition) is 2. The van der Waals surface area contributed by atoms with Crippen LogP contribution in [0.4, 0.5) is 0 Å². The molecule has 6 heavy (non-hydrogen) atoms. The Morgan fingerprint density at radius 3 is 2.17 bits per heavy atom. The van der Waals surface area contributed by atoms with Crippen molar-refractivity contribution < 1.29 is 0 Å².